The number of hydrogen-bond acceptors (Lipinski definition) is 6. The van der Waals surface area contributed by atoms with Crippen LogP contribution in [-0.2, 0) is 9.47 Å². The van der Waals surface area contributed by atoms with Crippen LogP contribution in [0.1, 0.15) is 34.6 Å². The molecule has 0 saturated carbocycles. The Labute approximate surface area is 166 Å². The first kappa shape index (κ1) is 20.9. The minimum atomic E-state index is -0.509. The Balaban J connectivity index is 1.94. The van der Waals surface area contributed by atoms with E-state index in [0.717, 1.165) is 0 Å². The third kappa shape index (κ3) is 6.37. The Morgan fingerprint density at radius 3 is 2.22 bits per heavy atom. The molecule has 0 spiro atoms. The molecule has 0 amide bonds. The van der Waals surface area contributed by atoms with Crippen LogP contribution in [-0.4, -0.2) is 38.4 Å². The smallest absolute Gasteiger partial charge is 0.343 e. The fourth-order valence-corrected chi connectivity index (χ4v) is 2.64. The molecule has 2 aromatic carbocycles. The first-order valence-corrected chi connectivity index (χ1v) is 9.34. The Morgan fingerprint density at radius 1 is 0.889 bits per heavy atom. The summed E-state index contributed by atoms with van der Waals surface area (Å²) in [6, 6.07) is 11.1. The normalized spacial score (nSPS) is 10.3. The Kier molecular flexibility index (Phi) is 8.29. The Morgan fingerprint density at radius 2 is 1.59 bits per heavy atom. The summed E-state index contributed by atoms with van der Waals surface area (Å²) in [5.41, 5.74) is 0.750. The third-order valence-electron chi connectivity index (χ3n) is 3.43. The summed E-state index contributed by atoms with van der Waals surface area (Å²) in [6.45, 7) is 5.40. The highest BCUT2D eigenvalue weighted by atomic mass is 79.9. The molecule has 0 aliphatic carbocycles. The van der Waals surface area contributed by atoms with Crippen LogP contribution in [0.5, 0.6) is 11.5 Å². The number of ether oxygens (including phenoxy) is 4. The maximum absolute atomic E-state index is 12.3. The molecule has 6 nitrogen and oxygen atoms in total. The van der Waals surface area contributed by atoms with Gasteiger partial charge in [-0.1, -0.05) is 0 Å². The molecule has 0 radical (unpaired) electrons. The van der Waals surface area contributed by atoms with Crippen LogP contribution in [0.3, 0.4) is 0 Å². The average Bonchev–Trinajstić information content (AvgIpc) is 2.67. The van der Waals surface area contributed by atoms with Crippen LogP contribution in [0.4, 0.5) is 0 Å². The van der Waals surface area contributed by atoms with Crippen molar-refractivity contribution in [2.45, 2.75) is 13.8 Å². The van der Waals surface area contributed by atoms with Gasteiger partial charge in [0.2, 0.25) is 0 Å². The number of hydrogen-bond donors (Lipinski definition) is 0. The molecule has 7 heteroatoms. The van der Waals surface area contributed by atoms with Gasteiger partial charge in [0, 0.05) is 6.61 Å². The topological polar surface area (TPSA) is 71.1 Å². The number of carbonyl (C=O) groups is 2. The van der Waals surface area contributed by atoms with E-state index < -0.39 is 11.9 Å². The van der Waals surface area contributed by atoms with Gasteiger partial charge in [-0.05, 0) is 72.2 Å². The fourth-order valence-electron chi connectivity index (χ4n) is 2.15. The molecular formula is C20H21BrO6. The van der Waals surface area contributed by atoms with E-state index in [1.807, 2.05) is 13.8 Å². The lowest BCUT2D eigenvalue weighted by Gasteiger charge is -2.09. The van der Waals surface area contributed by atoms with E-state index >= 15 is 0 Å². The SMILES string of the molecule is CCOCCOC(=O)c1ccc(OC(=O)c2ccc(OCC)c(Br)c2)cc1. The van der Waals surface area contributed by atoms with Crippen molar-refractivity contribution >= 4 is 27.9 Å². The van der Waals surface area contributed by atoms with Gasteiger partial charge in [0.05, 0.1) is 28.8 Å². The molecule has 2 aromatic rings. The predicted octanol–water partition coefficient (Wildman–Crippen LogP) is 4.26. The Bertz CT molecular complexity index is 773. The molecule has 2 rings (SSSR count). The molecule has 0 unspecified atom stereocenters. The molecule has 0 aliphatic rings. The number of rotatable bonds is 9. The minimum Gasteiger partial charge on any atom is -0.493 e. The molecule has 0 atom stereocenters. The second-order valence-corrected chi connectivity index (χ2v) is 6.18. The second kappa shape index (κ2) is 10.7. The third-order valence-corrected chi connectivity index (χ3v) is 4.05. The summed E-state index contributed by atoms with van der Waals surface area (Å²) in [7, 11) is 0. The van der Waals surface area contributed by atoms with Crippen LogP contribution in [0.25, 0.3) is 0 Å². The summed E-state index contributed by atoms with van der Waals surface area (Å²) in [5.74, 6) is 0.0194. The van der Waals surface area contributed by atoms with Crippen molar-refractivity contribution in [3.8, 4) is 11.5 Å². The zero-order valence-electron chi connectivity index (χ0n) is 15.2. The molecule has 0 N–H and O–H groups in total. The molecule has 0 aromatic heterocycles. The van der Waals surface area contributed by atoms with Gasteiger partial charge in [-0.3, -0.25) is 0 Å². The van der Waals surface area contributed by atoms with Gasteiger partial charge in [0.25, 0.3) is 0 Å². The highest BCUT2D eigenvalue weighted by Crippen LogP contribution is 2.26. The zero-order chi connectivity index (χ0) is 19.6. The van der Waals surface area contributed by atoms with Crippen LogP contribution in [0.2, 0.25) is 0 Å². The summed E-state index contributed by atoms with van der Waals surface area (Å²) >= 11 is 3.36. The van der Waals surface area contributed by atoms with Gasteiger partial charge in [-0.25, -0.2) is 9.59 Å². The summed E-state index contributed by atoms with van der Waals surface area (Å²) in [6.07, 6.45) is 0. The van der Waals surface area contributed by atoms with Gasteiger partial charge in [-0.2, -0.15) is 0 Å². The van der Waals surface area contributed by atoms with E-state index in [0.29, 0.717) is 46.9 Å². The van der Waals surface area contributed by atoms with Crippen molar-refractivity contribution in [2.75, 3.05) is 26.4 Å². The maximum atomic E-state index is 12.3. The van der Waals surface area contributed by atoms with E-state index in [-0.39, 0.29) is 6.61 Å². The number of esters is 2. The van der Waals surface area contributed by atoms with Crippen LogP contribution in [0, 0.1) is 0 Å². The summed E-state index contributed by atoms with van der Waals surface area (Å²) < 4.78 is 21.6. The lowest BCUT2D eigenvalue weighted by molar-refractivity contribution is 0.0335. The summed E-state index contributed by atoms with van der Waals surface area (Å²) in [5, 5.41) is 0. The van der Waals surface area contributed by atoms with E-state index in [2.05, 4.69) is 15.9 Å². The quantitative estimate of drug-likeness (QED) is 0.332. The number of carbonyl (C=O) groups excluding carboxylic acids is 2. The monoisotopic (exact) mass is 436 g/mol. The molecule has 144 valence electrons. The highest BCUT2D eigenvalue weighted by molar-refractivity contribution is 9.10. The highest BCUT2D eigenvalue weighted by Gasteiger charge is 2.13. The van der Waals surface area contributed by atoms with Crippen molar-refractivity contribution < 1.29 is 28.5 Å². The largest absolute Gasteiger partial charge is 0.493 e. The van der Waals surface area contributed by atoms with Gasteiger partial charge in [0.15, 0.2) is 0 Å². The van der Waals surface area contributed by atoms with Crippen molar-refractivity contribution in [1.82, 2.24) is 0 Å². The van der Waals surface area contributed by atoms with Crippen LogP contribution in [0.15, 0.2) is 46.9 Å². The van der Waals surface area contributed by atoms with E-state index in [4.69, 9.17) is 18.9 Å². The summed E-state index contributed by atoms with van der Waals surface area (Å²) in [4.78, 5) is 24.2. The lowest BCUT2D eigenvalue weighted by atomic mass is 10.2. The molecule has 0 aliphatic heterocycles. The van der Waals surface area contributed by atoms with E-state index in [1.54, 1.807) is 42.5 Å². The minimum absolute atomic E-state index is 0.191. The first-order chi connectivity index (χ1) is 13.0. The first-order valence-electron chi connectivity index (χ1n) is 8.54. The van der Waals surface area contributed by atoms with Crippen LogP contribution >= 0.6 is 15.9 Å². The molecular weight excluding hydrogens is 416 g/mol. The average molecular weight is 437 g/mol. The van der Waals surface area contributed by atoms with Gasteiger partial charge < -0.3 is 18.9 Å². The molecule has 0 heterocycles. The van der Waals surface area contributed by atoms with E-state index in [1.165, 1.54) is 0 Å². The van der Waals surface area contributed by atoms with Crippen LogP contribution < -0.4 is 9.47 Å². The Hall–Kier alpha value is -2.38. The fraction of sp³-hybridized carbons (Fsp3) is 0.300. The molecule has 0 fully saturated rings. The molecule has 27 heavy (non-hydrogen) atoms. The standard InChI is InChI=1S/C20H21BrO6/c1-3-24-11-12-26-19(22)14-5-8-16(9-6-14)27-20(23)15-7-10-18(25-4-2)17(21)13-15/h5-10,13H,3-4,11-12H2,1-2H3. The van der Waals surface area contributed by atoms with Crippen molar-refractivity contribution in [3.63, 3.8) is 0 Å². The van der Waals surface area contributed by atoms with E-state index in [9.17, 15) is 9.59 Å². The number of benzene rings is 2. The van der Waals surface area contributed by atoms with Gasteiger partial charge >= 0.3 is 11.9 Å². The predicted molar refractivity (Wildman–Crippen MR) is 103 cm³/mol. The molecule has 0 saturated heterocycles. The number of halogens is 1. The second-order valence-electron chi connectivity index (χ2n) is 5.32. The molecule has 0 bridgehead atoms. The zero-order valence-corrected chi connectivity index (χ0v) is 16.8. The lowest BCUT2D eigenvalue weighted by Crippen LogP contribution is -2.11. The van der Waals surface area contributed by atoms with Gasteiger partial charge in [-0.15, -0.1) is 0 Å². The van der Waals surface area contributed by atoms with Crippen molar-refractivity contribution in [3.05, 3.63) is 58.1 Å². The van der Waals surface area contributed by atoms with Crippen molar-refractivity contribution in [2.24, 2.45) is 0 Å². The van der Waals surface area contributed by atoms with Crippen molar-refractivity contribution in [1.29, 1.82) is 0 Å². The maximum Gasteiger partial charge on any atom is 0.343 e. The van der Waals surface area contributed by atoms with Gasteiger partial charge in [0.1, 0.15) is 18.1 Å².